The van der Waals surface area contributed by atoms with E-state index in [2.05, 4.69) is 43.0 Å². The molecule has 0 radical (unpaired) electrons. The Bertz CT molecular complexity index is 1150. The van der Waals surface area contributed by atoms with Crippen molar-refractivity contribution in [3.8, 4) is 0 Å². The summed E-state index contributed by atoms with van der Waals surface area (Å²) in [5.74, 6) is -1.26. The third-order valence-corrected chi connectivity index (χ3v) is 7.26. The van der Waals surface area contributed by atoms with Gasteiger partial charge < -0.3 is 9.80 Å². The average Bonchev–Trinajstić information content (AvgIpc) is 3.09. The van der Waals surface area contributed by atoms with Gasteiger partial charge >= 0.3 is 0 Å². The smallest absolute Gasteiger partial charge is 0.294 e. The lowest BCUT2D eigenvalue weighted by Gasteiger charge is -2.42. The van der Waals surface area contributed by atoms with Crippen LogP contribution in [-0.4, -0.2) is 42.4 Å². The summed E-state index contributed by atoms with van der Waals surface area (Å²) in [6, 6.07) is 13.3. The number of nitrogens with zero attached hydrogens (tertiary/aromatic N) is 4. The molecule has 0 aromatic heterocycles. The number of rotatable bonds is 4. The molecule has 2 saturated heterocycles. The fourth-order valence-corrected chi connectivity index (χ4v) is 5.42. The highest BCUT2D eigenvalue weighted by molar-refractivity contribution is 6.22. The maximum Gasteiger partial charge on any atom is 0.294 e. The highest BCUT2D eigenvalue weighted by Gasteiger charge is 2.48. The molecule has 0 spiro atoms. The Hall–Kier alpha value is -3.68. The van der Waals surface area contributed by atoms with Crippen LogP contribution in [0.2, 0.25) is 0 Å². The highest BCUT2D eigenvalue weighted by Crippen LogP contribution is 2.40. The van der Waals surface area contributed by atoms with Crippen LogP contribution in [0.25, 0.3) is 0 Å². The molecule has 0 N–H and O–H groups in total. The molecule has 176 valence electrons. The van der Waals surface area contributed by atoms with E-state index in [1.807, 2.05) is 17.1 Å². The molecule has 3 aliphatic rings. The molecule has 2 fully saturated rings. The fraction of sp³-hybridized carbons (Fsp3) is 0.385. The molecule has 0 bridgehead atoms. The van der Waals surface area contributed by atoms with Crippen LogP contribution in [-0.2, 0) is 9.59 Å². The Morgan fingerprint density at radius 3 is 2.12 bits per heavy atom. The van der Waals surface area contributed by atoms with Crippen LogP contribution < -0.4 is 14.7 Å². The van der Waals surface area contributed by atoms with Crippen molar-refractivity contribution in [3.05, 3.63) is 70.3 Å². The second kappa shape index (κ2) is 8.59. The lowest BCUT2D eigenvalue weighted by Crippen LogP contribution is -2.52. The normalized spacial score (nSPS) is 24.5. The Morgan fingerprint density at radius 1 is 0.912 bits per heavy atom. The van der Waals surface area contributed by atoms with Gasteiger partial charge in [-0.05, 0) is 51.0 Å². The van der Waals surface area contributed by atoms with Crippen LogP contribution in [0.5, 0.6) is 0 Å². The van der Waals surface area contributed by atoms with Crippen molar-refractivity contribution in [2.24, 2.45) is 11.8 Å². The number of aryl methyl sites for hydroxylation is 1. The molecule has 0 saturated carbocycles. The molecule has 1 aliphatic carbocycles. The van der Waals surface area contributed by atoms with Gasteiger partial charge in [-0.3, -0.25) is 19.7 Å². The molecular formula is C26H28N4O4. The maximum atomic E-state index is 12.9. The predicted molar refractivity (Wildman–Crippen MR) is 131 cm³/mol. The summed E-state index contributed by atoms with van der Waals surface area (Å²) in [4.78, 5) is 43.0. The van der Waals surface area contributed by atoms with Crippen LogP contribution in [0, 0.1) is 28.9 Å². The number of nitro benzene ring substituents is 1. The number of fused-ring (bicyclic) bond motifs is 1. The van der Waals surface area contributed by atoms with E-state index in [0.29, 0.717) is 31.6 Å². The molecule has 3 atom stereocenters. The van der Waals surface area contributed by atoms with Crippen molar-refractivity contribution in [1.29, 1.82) is 0 Å². The van der Waals surface area contributed by atoms with Gasteiger partial charge in [0.15, 0.2) is 0 Å². The first-order valence-electron chi connectivity index (χ1n) is 11.7. The monoisotopic (exact) mass is 460 g/mol. The minimum Gasteiger partial charge on any atom is -0.365 e. The molecule has 34 heavy (non-hydrogen) atoms. The van der Waals surface area contributed by atoms with Crippen LogP contribution in [0.3, 0.4) is 0 Å². The first kappa shape index (κ1) is 22.1. The zero-order chi connectivity index (χ0) is 24.0. The lowest BCUT2D eigenvalue weighted by atomic mass is 9.85. The lowest BCUT2D eigenvalue weighted by molar-refractivity contribution is -0.384. The summed E-state index contributed by atoms with van der Waals surface area (Å²) >= 11 is 0. The fourth-order valence-electron chi connectivity index (χ4n) is 5.42. The SMILES string of the molecule is Cc1ccc(N2CCN(c3ccc(N4C(=O)[C@@H]5CC=CC[C@H]5C4=O)cc3[N+](=O)[O-])C[C@@H]2C)cc1. The standard InChI is InChI=1S/C26H28N4O4/c1-17-7-9-19(10-8-17)28-14-13-27(16-18(28)2)23-12-11-20(15-24(23)30(33)34)29-25(31)21-5-3-4-6-22(21)26(29)32/h3-4,7-12,15,18,21-22H,5-6,13-14,16H2,1-2H3/t18-,21+,22+/m0/s1. The zero-order valence-corrected chi connectivity index (χ0v) is 19.4. The quantitative estimate of drug-likeness (QED) is 0.296. The Balaban J connectivity index is 1.39. The summed E-state index contributed by atoms with van der Waals surface area (Å²) < 4.78 is 0. The topological polar surface area (TPSA) is 87.0 Å². The van der Waals surface area contributed by atoms with Gasteiger partial charge in [0.05, 0.1) is 22.4 Å². The molecule has 0 unspecified atom stereocenters. The summed E-state index contributed by atoms with van der Waals surface area (Å²) in [5, 5.41) is 12.0. The number of amides is 2. The molecule has 2 aromatic carbocycles. The van der Waals surface area contributed by atoms with E-state index in [1.54, 1.807) is 12.1 Å². The highest BCUT2D eigenvalue weighted by atomic mass is 16.6. The number of allylic oxidation sites excluding steroid dienone is 2. The summed E-state index contributed by atoms with van der Waals surface area (Å²) in [5.41, 5.74) is 3.07. The molecule has 2 aliphatic heterocycles. The maximum absolute atomic E-state index is 12.9. The van der Waals surface area contributed by atoms with Crippen LogP contribution >= 0.6 is 0 Å². The van der Waals surface area contributed by atoms with Gasteiger partial charge in [-0.25, -0.2) is 4.90 Å². The van der Waals surface area contributed by atoms with E-state index in [-0.39, 0.29) is 41.1 Å². The molecule has 8 nitrogen and oxygen atoms in total. The molecule has 2 heterocycles. The van der Waals surface area contributed by atoms with Gasteiger partial charge in [0, 0.05) is 37.4 Å². The van der Waals surface area contributed by atoms with Crippen molar-refractivity contribution in [2.45, 2.75) is 32.7 Å². The van der Waals surface area contributed by atoms with E-state index in [4.69, 9.17) is 0 Å². The van der Waals surface area contributed by atoms with E-state index in [1.165, 1.54) is 11.6 Å². The van der Waals surface area contributed by atoms with Crippen molar-refractivity contribution in [1.82, 2.24) is 0 Å². The third kappa shape index (κ3) is 3.73. The zero-order valence-electron chi connectivity index (χ0n) is 19.4. The average molecular weight is 461 g/mol. The van der Waals surface area contributed by atoms with Gasteiger partial charge in [-0.1, -0.05) is 29.8 Å². The Labute approximate surface area is 198 Å². The van der Waals surface area contributed by atoms with E-state index in [0.717, 1.165) is 17.1 Å². The number of hydrogen-bond donors (Lipinski definition) is 0. The summed E-state index contributed by atoms with van der Waals surface area (Å²) in [6.07, 6.45) is 4.93. The first-order chi connectivity index (χ1) is 16.3. The van der Waals surface area contributed by atoms with E-state index >= 15 is 0 Å². The van der Waals surface area contributed by atoms with E-state index < -0.39 is 4.92 Å². The number of hydrogen-bond acceptors (Lipinski definition) is 6. The van der Waals surface area contributed by atoms with Crippen molar-refractivity contribution >= 4 is 34.6 Å². The van der Waals surface area contributed by atoms with Gasteiger partial charge in [0.1, 0.15) is 5.69 Å². The Kier molecular flexibility index (Phi) is 5.59. The second-order valence-electron chi connectivity index (χ2n) is 9.42. The van der Waals surface area contributed by atoms with Gasteiger partial charge in [-0.2, -0.15) is 0 Å². The first-order valence-corrected chi connectivity index (χ1v) is 11.7. The number of imide groups is 1. The molecule has 5 rings (SSSR count). The van der Waals surface area contributed by atoms with Gasteiger partial charge in [0.25, 0.3) is 5.69 Å². The van der Waals surface area contributed by atoms with Crippen molar-refractivity contribution < 1.29 is 14.5 Å². The van der Waals surface area contributed by atoms with Crippen LogP contribution in [0.15, 0.2) is 54.6 Å². The number of carbonyl (C=O) groups is 2. The summed E-state index contributed by atoms with van der Waals surface area (Å²) in [7, 11) is 0. The Morgan fingerprint density at radius 2 is 1.53 bits per heavy atom. The van der Waals surface area contributed by atoms with Crippen molar-refractivity contribution in [2.75, 3.05) is 34.3 Å². The molecule has 8 heteroatoms. The van der Waals surface area contributed by atoms with Crippen LogP contribution in [0.4, 0.5) is 22.7 Å². The molecular weight excluding hydrogens is 432 g/mol. The van der Waals surface area contributed by atoms with E-state index in [9.17, 15) is 19.7 Å². The minimum absolute atomic E-state index is 0.0814. The number of nitro groups is 1. The molecule has 2 amide bonds. The largest absolute Gasteiger partial charge is 0.365 e. The number of carbonyl (C=O) groups excluding carboxylic acids is 2. The number of piperazine rings is 1. The minimum atomic E-state index is -0.421. The van der Waals surface area contributed by atoms with Gasteiger partial charge in [-0.15, -0.1) is 0 Å². The second-order valence-corrected chi connectivity index (χ2v) is 9.42. The molecule has 2 aromatic rings. The third-order valence-electron chi connectivity index (χ3n) is 7.26. The number of benzene rings is 2. The number of anilines is 3. The summed E-state index contributed by atoms with van der Waals surface area (Å²) in [6.45, 7) is 6.18. The predicted octanol–water partition coefficient (Wildman–Crippen LogP) is 4.07. The van der Waals surface area contributed by atoms with Crippen LogP contribution in [0.1, 0.15) is 25.3 Å². The van der Waals surface area contributed by atoms with Crippen molar-refractivity contribution in [3.63, 3.8) is 0 Å². The van der Waals surface area contributed by atoms with Gasteiger partial charge in [0.2, 0.25) is 11.8 Å².